The third-order valence-electron chi connectivity index (χ3n) is 3.99. The van der Waals surface area contributed by atoms with Crippen molar-refractivity contribution in [2.45, 2.75) is 31.3 Å². The zero-order chi connectivity index (χ0) is 10.8. The fourth-order valence-electron chi connectivity index (χ4n) is 2.65. The van der Waals surface area contributed by atoms with Gasteiger partial charge < -0.3 is 15.1 Å². The van der Waals surface area contributed by atoms with Crippen LogP contribution in [0.15, 0.2) is 0 Å². The normalized spacial score (nSPS) is 30.0. The van der Waals surface area contributed by atoms with E-state index < -0.39 is 0 Å². The molecule has 3 nitrogen and oxygen atoms in total. The van der Waals surface area contributed by atoms with Gasteiger partial charge in [-0.15, -0.1) is 0 Å². The van der Waals surface area contributed by atoms with Gasteiger partial charge in [-0.2, -0.15) is 0 Å². The summed E-state index contributed by atoms with van der Waals surface area (Å²) >= 11 is 0. The highest BCUT2D eigenvalue weighted by Crippen LogP contribution is 2.33. The smallest absolute Gasteiger partial charge is 0.0229 e. The van der Waals surface area contributed by atoms with Gasteiger partial charge >= 0.3 is 0 Å². The van der Waals surface area contributed by atoms with E-state index in [1.165, 1.54) is 38.9 Å². The maximum Gasteiger partial charge on any atom is 0.0229 e. The first-order valence-corrected chi connectivity index (χ1v) is 6.26. The predicted molar refractivity (Wildman–Crippen MR) is 64.1 cm³/mol. The molecule has 0 amide bonds. The highest BCUT2D eigenvalue weighted by Gasteiger charge is 2.33. The molecule has 2 unspecified atom stereocenters. The van der Waals surface area contributed by atoms with Crippen molar-refractivity contribution >= 4 is 0 Å². The van der Waals surface area contributed by atoms with Crippen LogP contribution in [-0.4, -0.2) is 62.7 Å². The van der Waals surface area contributed by atoms with Crippen LogP contribution in [0.1, 0.15) is 19.3 Å². The van der Waals surface area contributed by atoms with Gasteiger partial charge in [0.1, 0.15) is 0 Å². The van der Waals surface area contributed by atoms with Crippen molar-refractivity contribution in [2.24, 2.45) is 5.92 Å². The first kappa shape index (κ1) is 11.4. The van der Waals surface area contributed by atoms with Crippen LogP contribution < -0.4 is 5.32 Å². The topological polar surface area (TPSA) is 18.5 Å². The minimum Gasteiger partial charge on any atom is -0.315 e. The van der Waals surface area contributed by atoms with E-state index in [9.17, 15) is 0 Å². The largest absolute Gasteiger partial charge is 0.315 e. The Morgan fingerprint density at radius 3 is 2.53 bits per heavy atom. The predicted octanol–water partition coefficient (Wildman–Crippen LogP) is 0.620. The molecule has 0 spiro atoms. The Labute approximate surface area is 93.8 Å². The van der Waals surface area contributed by atoms with Gasteiger partial charge in [-0.3, -0.25) is 0 Å². The van der Waals surface area contributed by atoms with E-state index in [0.29, 0.717) is 0 Å². The van der Waals surface area contributed by atoms with Gasteiger partial charge in [0.15, 0.2) is 0 Å². The molecule has 1 aliphatic carbocycles. The third kappa shape index (κ3) is 2.92. The number of nitrogens with one attached hydrogen (secondary N) is 1. The van der Waals surface area contributed by atoms with Gasteiger partial charge in [0, 0.05) is 25.2 Å². The summed E-state index contributed by atoms with van der Waals surface area (Å²) in [5, 5.41) is 3.48. The van der Waals surface area contributed by atoms with E-state index in [1.807, 2.05) is 0 Å². The van der Waals surface area contributed by atoms with Crippen LogP contribution in [0, 0.1) is 5.92 Å². The van der Waals surface area contributed by atoms with Gasteiger partial charge in [-0.1, -0.05) is 0 Å². The molecule has 1 aliphatic heterocycles. The second kappa shape index (κ2) is 4.81. The molecule has 15 heavy (non-hydrogen) atoms. The quantitative estimate of drug-likeness (QED) is 0.719. The summed E-state index contributed by atoms with van der Waals surface area (Å²) in [6.45, 7) is 3.80. The molecule has 0 aromatic heterocycles. The molecular formula is C12H25N3. The summed E-state index contributed by atoms with van der Waals surface area (Å²) in [6, 6.07) is 1.52. The lowest BCUT2D eigenvalue weighted by Crippen LogP contribution is -2.41. The second-order valence-electron chi connectivity index (χ2n) is 5.40. The number of likely N-dealkylation sites (tertiary alicyclic amines) is 1. The minimum atomic E-state index is 0.742. The Bertz CT molecular complexity index is 201. The molecule has 2 atom stereocenters. The molecule has 2 rings (SSSR count). The Morgan fingerprint density at radius 1 is 1.33 bits per heavy atom. The molecule has 3 heteroatoms. The summed E-state index contributed by atoms with van der Waals surface area (Å²) in [5.41, 5.74) is 0. The molecular weight excluding hydrogens is 186 g/mol. The SMILES string of the molecule is CNC(CN1CCC(N(C)C)C1)C1CC1. The zero-order valence-corrected chi connectivity index (χ0v) is 10.4. The van der Waals surface area contributed by atoms with E-state index in [0.717, 1.165) is 18.0 Å². The molecule has 0 bridgehead atoms. The maximum atomic E-state index is 3.48. The Hall–Kier alpha value is -0.120. The van der Waals surface area contributed by atoms with Crippen molar-refractivity contribution < 1.29 is 0 Å². The van der Waals surface area contributed by atoms with Crippen LogP contribution in [0.3, 0.4) is 0 Å². The summed E-state index contributed by atoms with van der Waals surface area (Å²) < 4.78 is 0. The van der Waals surface area contributed by atoms with E-state index in [2.05, 4.69) is 36.3 Å². The van der Waals surface area contributed by atoms with Gasteiger partial charge in [0.05, 0.1) is 0 Å². The molecule has 2 aliphatic rings. The van der Waals surface area contributed by atoms with Crippen molar-refractivity contribution in [1.82, 2.24) is 15.1 Å². The van der Waals surface area contributed by atoms with Gasteiger partial charge in [0.2, 0.25) is 0 Å². The highest BCUT2D eigenvalue weighted by atomic mass is 15.2. The van der Waals surface area contributed by atoms with Crippen LogP contribution in [-0.2, 0) is 0 Å². The van der Waals surface area contributed by atoms with Gasteiger partial charge in [0.25, 0.3) is 0 Å². The van der Waals surface area contributed by atoms with Crippen LogP contribution in [0.25, 0.3) is 0 Å². The maximum absolute atomic E-state index is 3.48. The fourth-order valence-corrected chi connectivity index (χ4v) is 2.65. The molecule has 2 fully saturated rings. The standard InChI is InChI=1S/C12H25N3/c1-13-12(10-4-5-10)9-15-7-6-11(8-15)14(2)3/h10-13H,4-9H2,1-3H3. The summed E-state index contributed by atoms with van der Waals surface area (Å²) in [7, 11) is 6.51. The Balaban J connectivity index is 1.75. The number of hydrogen-bond donors (Lipinski definition) is 1. The molecule has 0 aromatic carbocycles. The Morgan fingerprint density at radius 2 is 2.07 bits per heavy atom. The average Bonchev–Trinajstić information content (AvgIpc) is 2.94. The number of rotatable bonds is 5. The first-order chi connectivity index (χ1) is 7.20. The number of likely N-dealkylation sites (N-methyl/N-ethyl adjacent to an activating group) is 2. The summed E-state index contributed by atoms with van der Waals surface area (Å²) in [4.78, 5) is 5.00. The second-order valence-corrected chi connectivity index (χ2v) is 5.40. The lowest BCUT2D eigenvalue weighted by atomic mass is 10.2. The van der Waals surface area contributed by atoms with E-state index in [4.69, 9.17) is 0 Å². The lowest BCUT2D eigenvalue weighted by molar-refractivity contribution is 0.245. The minimum absolute atomic E-state index is 0.742. The third-order valence-corrected chi connectivity index (χ3v) is 3.99. The van der Waals surface area contributed by atoms with Crippen molar-refractivity contribution in [1.29, 1.82) is 0 Å². The number of nitrogens with zero attached hydrogens (tertiary/aromatic N) is 2. The fraction of sp³-hybridized carbons (Fsp3) is 1.00. The van der Waals surface area contributed by atoms with E-state index >= 15 is 0 Å². The van der Waals surface area contributed by atoms with Crippen LogP contribution in [0.4, 0.5) is 0 Å². The summed E-state index contributed by atoms with van der Waals surface area (Å²) in [5.74, 6) is 0.966. The van der Waals surface area contributed by atoms with Gasteiger partial charge in [-0.25, -0.2) is 0 Å². The van der Waals surface area contributed by atoms with Crippen LogP contribution >= 0.6 is 0 Å². The molecule has 1 N–H and O–H groups in total. The first-order valence-electron chi connectivity index (χ1n) is 6.26. The van der Waals surface area contributed by atoms with Crippen LogP contribution in [0.2, 0.25) is 0 Å². The average molecular weight is 211 g/mol. The van der Waals surface area contributed by atoms with Gasteiger partial charge in [-0.05, 0) is 52.9 Å². The molecule has 0 aromatic rings. The summed E-state index contributed by atoms with van der Waals surface area (Å²) in [6.07, 6.45) is 4.22. The molecule has 1 saturated heterocycles. The molecule has 0 radical (unpaired) electrons. The van der Waals surface area contributed by atoms with Crippen LogP contribution in [0.5, 0.6) is 0 Å². The van der Waals surface area contributed by atoms with Crippen molar-refractivity contribution in [3.05, 3.63) is 0 Å². The molecule has 1 heterocycles. The number of hydrogen-bond acceptors (Lipinski definition) is 3. The van der Waals surface area contributed by atoms with E-state index in [1.54, 1.807) is 0 Å². The lowest BCUT2D eigenvalue weighted by Gasteiger charge is -2.24. The highest BCUT2D eigenvalue weighted by molar-refractivity contribution is 4.90. The molecule has 1 saturated carbocycles. The monoisotopic (exact) mass is 211 g/mol. The zero-order valence-electron chi connectivity index (χ0n) is 10.4. The van der Waals surface area contributed by atoms with E-state index in [-0.39, 0.29) is 0 Å². The Kier molecular flexibility index (Phi) is 3.65. The molecule has 88 valence electrons. The van der Waals surface area contributed by atoms with Crippen molar-refractivity contribution in [2.75, 3.05) is 40.8 Å². The van der Waals surface area contributed by atoms with Crippen molar-refractivity contribution in [3.63, 3.8) is 0 Å². The van der Waals surface area contributed by atoms with Crippen molar-refractivity contribution in [3.8, 4) is 0 Å².